The summed E-state index contributed by atoms with van der Waals surface area (Å²) in [6.07, 6.45) is 2.64. The maximum absolute atomic E-state index is 6.10. The molecule has 1 fully saturated rings. The number of nitrogens with zero attached hydrogens (tertiary/aromatic N) is 1. The fraction of sp³-hybridized carbons (Fsp3) is 0.750. The summed E-state index contributed by atoms with van der Waals surface area (Å²) in [6, 6.07) is -0.0690. The lowest BCUT2D eigenvalue weighted by atomic mass is 9.79. The smallest absolute Gasteiger partial charge is 0.123 e. The quantitative estimate of drug-likeness (QED) is 0.477. The SMILES string of the molecule is CC1(C)CC(C(NN)c2cn[nH]c2N)C(C)(C)O1. The Kier molecular flexibility index (Phi) is 3.12. The normalized spacial score (nSPS) is 27.3. The highest BCUT2D eigenvalue weighted by atomic mass is 16.5. The van der Waals surface area contributed by atoms with Crippen molar-refractivity contribution >= 4 is 5.82 Å². The first-order valence-corrected chi connectivity index (χ1v) is 6.22. The van der Waals surface area contributed by atoms with E-state index < -0.39 is 0 Å². The predicted octanol–water partition coefficient (Wildman–Crippen LogP) is 1.09. The first kappa shape index (κ1) is 13.3. The van der Waals surface area contributed by atoms with E-state index in [0.29, 0.717) is 5.82 Å². The van der Waals surface area contributed by atoms with Crippen molar-refractivity contribution in [2.75, 3.05) is 5.73 Å². The predicted molar refractivity (Wildman–Crippen MR) is 70.4 cm³/mol. The Morgan fingerprint density at radius 1 is 1.50 bits per heavy atom. The van der Waals surface area contributed by atoms with Crippen LogP contribution in [-0.2, 0) is 4.74 Å². The molecule has 6 nitrogen and oxygen atoms in total. The molecule has 18 heavy (non-hydrogen) atoms. The molecular formula is C12H23N5O. The Balaban J connectivity index is 2.32. The molecule has 0 radical (unpaired) electrons. The van der Waals surface area contributed by atoms with Gasteiger partial charge < -0.3 is 10.5 Å². The number of hydrogen-bond donors (Lipinski definition) is 4. The number of anilines is 1. The Morgan fingerprint density at radius 2 is 2.17 bits per heavy atom. The summed E-state index contributed by atoms with van der Waals surface area (Å²) in [7, 11) is 0. The summed E-state index contributed by atoms with van der Waals surface area (Å²) in [5, 5.41) is 6.71. The van der Waals surface area contributed by atoms with E-state index in [0.717, 1.165) is 12.0 Å². The van der Waals surface area contributed by atoms with Gasteiger partial charge >= 0.3 is 0 Å². The maximum atomic E-state index is 6.10. The van der Waals surface area contributed by atoms with E-state index in [1.807, 2.05) is 0 Å². The molecule has 2 rings (SSSR count). The van der Waals surface area contributed by atoms with Gasteiger partial charge in [-0.25, -0.2) is 0 Å². The van der Waals surface area contributed by atoms with Crippen LogP contribution >= 0.6 is 0 Å². The topological polar surface area (TPSA) is 102 Å². The summed E-state index contributed by atoms with van der Waals surface area (Å²) < 4.78 is 6.10. The van der Waals surface area contributed by atoms with Crippen LogP contribution in [0.1, 0.15) is 45.7 Å². The Morgan fingerprint density at radius 3 is 2.56 bits per heavy atom. The molecule has 0 aromatic carbocycles. The second-order valence-corrected chi connectivity index (χ2v) is 6.16. The largest absolute Gasteiger partial charge is 0.384 e. The zero-order valence-corrected chi connectivity index (χ0v) is 11.4. The second-order valence-electron chi connectivity index (χ2n) is 6.16. The summed E-state index contributed by atoms with van der Waals surface area (Å²) in [5.41, 5.74) is 9.24. The molecule has 0 bridgehead atoms. The van der Waals surface area contributed by atoms with Gasteiger partial charge in [-0.15, -0.1) is 0 Å². The van der Waals surface area contributed by atoms with Gasteiger partial charge in [0.25, 0.3) is 0 Å². The van der Waals surface area contributed by atoms with Crippen LogP contribution in [0.3, 0.4) is 0 Å². The van der Waals surface area contributed by atoms with Crippen molar-refractivity contribution < 1.29 is 4.74 Å². The molecule has 0 spiro atoms. The molecule has 1 aromatic heterocycles. The summed E-state index contributed by atoms with van der Waals surface area (Å²) >= 11 is 0. The molecule has 0 aliphatic carbocycles. The monoisotopic (exact) mass is 253 g/mol. The molecule has 6 N–H and O–H groups in total. The van der Waals surface area contributed by atoms with Crippen molar-refractivity contribution in [3.05, 3.63) is 11.8 Å². The van der Waals surface area contributed by atoms with Gasteiger partial charge in [0, 0.05) is 11.5 Å². The van der Waals surface area contributed by atoms with Gasteiger partial charge in [0.15, 0.2) is 0 Å². The highest BCUT2D eigenvalue weighted by Crippen LogP contribution is 2.47. The lowest BCUT2D eigenvalue weighted by Gasteiger charge is -2.32. The standard InChI is InChI=1S/C12H23N5O/c1-11(2)5-8(12(3,4)18-11)9(16-14)7-6-15-17-10(7)13/h6,8-9,16H,5,14H2,1-4H3,(H3,13,15,17). The molecular weight excluding hydrogens is 230 g/mol. The van der Waals surface area contributed by atoms with Crippen LogP contribution in [0, 0.1) is 5.92 Å². The van der Waals surface area contributed by atoms with Crippen LogP contribution in [0.4, 0.5) is 5.82 Å². The average Bonchev–Trinajstić information content (AvgIpc) is 2.71. The fourth-order valence-corrected chi connectivity index (χ4v) is 3.10. The minimum absolute atomic E-state index is 0.0690. The minimum Gasteiger partial charge on any atom is -0.384 e. The van der Waals surface area contributed by atoms with Gasteiger partial charge in [-0.2, -0.15) is 5.10 Å². The molecule has 1 aliphatic rings. The summed E-state index contributed by atoms with van der Waals surface area (Å²) in [4.78, 5) is 0. The van der Waals surface area contributed by atoms with Crippen molar-refractivity contribution in [1.29, 1.82) is 0 Å². The summed E-state index contributed by atoms with van der Waals surface area (Å²) in [6.45, 7) is 8.38. The number of aromatic amines is 1. The fourth-order valence-electron chi connectivity index (χ4n) is 3.10. The maximum Gasteiger partial charge on any atom is 0.123 e. The van der Waals surface area contributed by atoms with E-state index in [1.165, 1.54) is 0 Å². The number of nitrogens with two attached hydrogens (primary N) is 2. The third-order valence-corrected chi connectivity index (χ3v) is 3.76. The molecule has 6 heteroatoms. The summed E-state index contributed by atoms with van der Waals surface area (Å²) in [5.74, 6) is 6.51. The van der Waals surface area contributed by atoms with Crippen molar-refractivity contribution in [2.24, 2.45) is 11.8 Å². The Hall–Kier alpha value is -1.11. The average molecular weight is 253 g/mol. The first-order valence-electron chi connectivity index (χ1n) is 6.22. The van der Waals surface area contributed by atoms with Gasteiger partial charge in [0.1, 0.15) is 5.82 Å². The first-order chi connectivity index (χ1) is 8.27. The van der Waals surface area contributed by atoms with Gasteiger partial charge in [0.2, 0.25) is 0 Å². The number of nitrogens with one attached hydrogen (secondary N) is 2. The van der Waals surface area contributed by atoms with Gasteiger partial charge in [0.05, 0.1) is 23.4 Å². The van der Waals surface area contributed by atoms with E-state index >= 15 is 0 Å². The van der Waals surface area contributed by atoms with E-state index in [1.54, 1.807) is 6.20 Å². The molecule has 1 aliphatic heterocycles. The van der Waals surface area contributed by atoms with Gasteiger partial charge in [-0.1, -0.05) is 0 Å². The minimum atomic E-state index is -0.260. The number of H-pyrrole nitrogens is 1. The van der Waals surface area contributed by atoms with E-state index in [-0.39, 0.29) is 23.2 Å². The molecule has 0 saturated carbocycles. The molecule has 0 amide bonds. The highest BCUT2D eigenvalue weighted by Gasteiger charge is 2.49. The number of ether oxygens (including phenoxy) is 1. The number of nitrogen functional groups attached to an aromatic ring is 1. The third-order valence-electron chi connectivity index (χ3n) is 3.76. The van der Waals surface area contributed by atoms with Crippen LogP contribution in [0.15, 0.2) is 6.20 Å². The van der Waals surface area contributed by atoms with Crippen LogP contribution in [0.25, 0.3) is 0 Å². The molecule has 2 heterocycles. The van der Waals surface area contributed by atoms with Crippen molar-refractivity contribution in [3.63, 3.8) is 0 Å². The van der Waals surface area contributed by atoms with Crippen molar-refractivity contribution in [2.45, 2.75) is 51.4 Å². The lowest BCUT2D eigenvalue weighted by molar-refractivity contribution is -0.0778. The van der Waals surface area contributed by atoms with Crippen LogP contribution in [0.5, 0.6) is 0 Å². The molecule has 2 atom stereocenters. The highest BCUT2D eigenvalue weighted by molar-refractivity contribution is 5.40. The van der Waals surface area contributed by atoms with Gasteiger partial charge in [-0.3, -0.25) is 16.4 Å². The lowest BCUT2D eigenvalue weighted by Crippen LogP contribution is -2.41. The number of hydrazine groups is 1. The Bertz CT molecular complexity index is 426. The number of hydrogen-bond acceptors (Lipinski definition) is 5. The van der Waals surface area contributed by atoms with Crippen LogP contribution in [0.2, 0.25) is 0 Å². The van der Waals surface area contributed by atoms with E-state index in [9.17, 15) is 0 Å². The van der Waals surface area contributed by atoms with Crippen LogP contribution in [-0.4, -0.2) is 21.4 Å². The van der Waals surface area contributed by atoms with E-state index in [4.69, 9.17) is 16.3 Å². The van der Waals surface area contributed by atoms with Gasteiger partial charge in [-0.05, 0) is 34.1 Å². The zero-order valence-electron chi connectivity index (χ0n) is 11.4. The third kappa shape index (κ3) is 2.23. The second kappa shape index (κ2) is 4.22. The van der Waals surface area contributed by atoms with Crippen LogP contribution < -0.4 is 17.0 Å². The van der Waals surface area contributed by atoms with Crippen molar-refractivity contribution in [3.8, 4) is 0 Å². The molecule has 102 valence electrons. The number of rotatable bonds is 3. The molecule has 2 unspecified atom stereocenters. The molecule has 1 saturated heterocycles. The number of aromatic nitrogens is 2. The molecule has 1 aromatic rings. The van der Waals surface area contributed by atoms with Crippen molar-refractivity contribution in [1.82, 2.24) is 15.6 Å². The zero-order chi connectivity index (χ0) is 13.6. The Labute approximate surface area is 107 Å². The van der Waals surface area contributed by atoms with E-state index in [2.05, 4.69) is 43.3 Å².